The summed E-state index contributed by atoms with van der Waals surface area (Å²) in [5.74, 6) is 0.692. The largest absolute Gasteiger partial charge is 0.346 e. The summed E-state index contributed by atoms with van der Waals surface area (Å²) in [5, 5.41) is 4.39. The number of amides is 1. The predicted molar refractivity (Wildman–Crippen MR) is 93.0 cm³/mol. The predicted octanol–water partition coefficient (Wildman–Crippen LogP) is 3.29. The fourth-order valence-electron chi connectivity index (χ4n) is 3.54. The van der Waals surface area contributed by atoms with Gasteiger partial charge in [0.2, 0.25) is 0 Å². The molecule has 0 radical (unpaired) electrons. The lowest BCUT2D eigenvalue weighted by Gasteiger charge is -2.30. The molecule has 3 heterocycles. The molecule has 0 aliphatic carbocycles. The van der Waals surface area contributed by atoms with Gasteiger partial charge < -0.3 is 10.2 Å². The summed E-state index contributed by atoms with van der Waals surface area (Å²) in [6, 6.07) is 7.85. The van der Waals surface area contributed by atoms with Crippen molar-refractivity contribution in [2.24, 2.45) is 5.92 Å². The molecule has 1 amide bonds. The van der Waals surface area contributed by atoms with Crippen LogP contribution >= 0.6 is 22.9 Å². The fourth-order valence-corrected chi connectivity index (χ4v) is 4.49. The van der Waals surface area contributed by atoms with Crippen LogP contribution < -0.4 is 5.32 Å². The first-order chi connectivity index (χ1) is 11.2. The third kappa shape index (κ3) is 3.27. The van der Waals surface area contributed by atoms with Crippen molar-refractivity contribution in [2.45, 2.75) is 18.9 Å². The lowest BCUT2D eigenvalue weighted by Crippen LogP contribution is -2.46. The van der Waals surface area contributed by atoms with E-state index in [4.69, 9.17) is 11.6 Å². The van der Waals surface area contributed by atoms with Gasteiger partial charge in [0.25, 0.3) is 5.91 Å². The molecule has 4 rings (SSSR count). The van der Waals surface area contributed by atoms with Crippen molar-refractivity contribution < 1.29 is 4.79 Å². The zero-order valence-electron chi connectivity index (χ0n) is 12.7. The monoisotopic (exact) mass is 347 g/mol. The van der Waals surface area contributed by atoms with E-state index in [1.165, 1.54) is 30.8 Å². The maximum atomic E-state index is 12.4. The van der Waals surface area contributed by atoms with Crippen LogP contribution in [-0.2, 0) is 0 Å². The van der Waals surface area contributed by atoms with Crippen molar-refractivity contribution in [3.8, 4) is 10.4 Å². The molecule has 23 heavy (non-hydrogen) atoms. The van der Waals surface area contributed by atoms with Crippen molar-refractivity contribution in [2.75, 3.05) is 19.6 Å². The fraction of sp³-hybridized carbons (Fsp3) is 0.412. The molecule has 2 fully saturated rings. The Morgan fingerprint density at radius 1 is 1.30 bits per heavy atom. The molecule has 1 N–H and O–H groups in total. The minimum absolute atomic E-state index is 0.0530. The molecule has 1 aromatic heterocycles. The van der Waals surface area contributed by atoms with Gasteiger partial charge in [0.05, 0.1) is 4.88 Å². The van der Waals surface area contributed by atoms with E-state index >= 15 is 0 Å². The Bertz CT molecular complexity index is 703. The topological polar surface area (TPSA) is 45.2 Å². The number of carbonyl (C=O) groups is 1. The summed E-state index contributed by atoms with van der Waals surface area (Å²) in [6.45, 7) is 3.34. The van der Waals surface area contributed by atoms with Gasteiger partial charge in [-0.05, 0) is 43.0 Å². The van der Waals surface area contributed by atoms with E-state index in [-0.39, 0.29) is 11.9 Å². The van der Waals surface area contributed by atoms with E-state index < -0.39 is 0 Å². The zero-order chi connectivity index (χ0) is 15.8. The van der Waals surface area contributed by atoms with Crippen molar-refractivity contribution in [1.29, 1.82) is 0 Å². The number of nitrogens with zero attached hydrogens (tertiary/aromatic N) is 2. The summed E-state index contributed by atoms with van der Waals surface area (Å²) in [4.78, 5) is 20.2. The number of rotatable bonds is 3. The molecule has 2 aliphatic heterocycles. The number of hydrogen-bond acceptors (Lipinski definition) is 4. The first kappa shape index (κ1) is 15.1. The number of carbonyl (C=O) groups excluding carboxylic acids is 1. The molecular formula is C17H18ClN3OS. The first-order valence-corrected chi connectivity index (χ1v) is 9.12. The Morgan fingerprint density at radius 2 is 2.13 bits per heavy atom. The normalized spacial score (nSPS) is 26.2. The summed E-state index contributed by atoms with van der Waals surface area (Å²) >= 11 is 7.34. The Labute approximate surface area is 144 Å². The van der Waals surface area contributed by atoms with E-state index in [9.17, 15) is 4.79 Å². The van der Waals surface area contributed by atoms with Gasteiger partial charge in [-0.3, -0.25) is 4.79 Å². The number of thiazole rings is 1. The first-order valence-electron chi connectivity index (χ1n) is 7.92. The number of benzene rings is 1. The van der Waals surface area contributed by atoms with Crippen LogP contribution in [0.5, 0.6) is 0 Å². The standard InChI is InChI=1S/C17H18ClN3OS/c18-13-3-1-12(2-4-13)15-8-19-17(23-15)16(22)20-14-7-11-5-6-21(9-11)10-14/h1-4,8,11,14H,5-7,9-10H2,(H,20,22)/t11-,14+/m0/s1. The molecule has 0 spiro atoms. The number of piperidine rings is 1. The molecule has 1 aromatic carbocycles. The van der Waals surface area contributed by atoms with Gasteiger partial charge in [-0.15, -0.1) is 11.3 Å². The molecule has 3 atom stereocenters. The molecule has 2 saturated heterocycles. The molecule has 2 aromatic rings. The van der Waals surface area contributed by atoms with Crippen LogP contribution in [0.3, 0.4) is 0 Å². The van der Waals surface area contributed by atoms with E-state index in [1.54, 1.807) is 6.20 Å². The molecule has 2 bridgehead atoms. The Morgan fingerprint density at radius 3 is 2.91 bits per heavy atom. The van der Waals surface area contributed by atoms with Gasteiger partial charge in [0.15, 0.2) is 5.01 Å². The number of hydrogen-bond donors (Lipinski definition) is 1. The maximum absolute atomic E-state index is 12.4. The van der Waals surface area contributed by atoms with E-state index in [0.29, 0.717) is 10.0 Å². The Hall–Kier alpha value is -1.43. The summed E-state index contributed by atoms with van der Waals surface area (Å²) in [5.41, 5.74) is 1.03. The zero-order valence-corrected chi connectivity index (χ0v) is 14.2. The summed E-state index contributed by atoms with van der Waals surface area (Å²) < 4.78 is 0. The van der Waals surface area contributed by atoms with Crippen LogP contribution in [0.2, 0.25) is 5.02 Å². The molecule has 0 saturated carbocycles. The van der Waals surface area contributed by atoms with E-state index in [2.05, 4.69) is 15.2 Å². The molecule has 4 nitrogen and oxygen atoms in total. The van der Waals surface area contributed by atoms with Crippen LogP contribution in [0.15, 0.2) is 30.5 Å². The lowest BCUT2D eigenvalue weighted by molar-refractivity contribution is 0.0909. The smallest absolute Gasteiger partial charge is 0.280 e. The van der Waals surface area contributed by atoms with Gasteiger partial charge in [-0.25, -0.2) is 4.98 Å². The quantitative estimate of drug-likeness (QED) is 0.926. The van der Waals surface area contributed by atoms with Crippen LogP contribution in [0.1, 0.15) is 22.6 Å². The van der Waals surface area contributed by atoms with Gasteiger partial charge >= 0.3 is 0 Å². The summed E-state index contributed by atoms with van der Waals surface area (Å²) in [7, 11) is 0. The SMILES string of the molecule is O=C(N[C@@H]1C[C@@H]2CCN(C2)C1)c1ncc(-c2ccc(Cl)cc2)s1. The highest BCUT2D eigenvalue weighted by atomic mass is 35.5. The molecule has 1 unspecified atom stereocenters. The Balaban J connectivity index is 1.44. The second-order valence-electron chi connectivity index (χ2n) is 6.36. The van der Waals surface area contributed by atoms with Crippen molar-refractivity contribution in [3.05, 3.63) is 40.5 Å². The van der Waals surface area contributed by atoms with Gasteiger partial charge in [0, 0.05) is 30.4 Å². The highest BCUT2D eigenvalue weighted by Crippen LogP contribution is 2.29. The van der Waals surface area contributed by atoms with Gasteiger partial charge in [-0.1, -0.05) is 23.7 Å². The molecule has 120 valence electrons. The summed E-state index contributed by atoms with van der Waals surface area (Å²) in [6.07, 6.45) is 4.12. The maximum Gasteiger partial charge on any atom is 0.280 e. The van der Waals surface area contributed by atoms with Crippen molar-refractivity contribution in [1.82, 2.24) is 15.2 Å². The highest BCUT2D eigenvalue weighted by molar-refractivity contribution is 7.16. The average molecular weight is 348 g/mol. The van der Waals surface area contributed by atoms with Crippen LogP contribution in [0.4, 0.5) is 0 Å². The van der Waals surface area contributed by atoms with Crippen LogP contribution in [0.25, 0.3) is 10.4 Å². The van der Waals surface area contributed by atoms with Gasteiger partial charge in [-0.2, -0.15) is 0 Å². The average Bonchev–Trinajstić information content (AvgIpc) is 3.15. The second-order valence-corrected chi connectivity index (χ2v) is 7.82. The number of nitrogens with one attached hydrogen (secondary N) is 1. The minimum atomic E-state index is -0.0530. The van der Waals surface area contributed by atoms with E-state index in [0.717, 1.165) is 29.3 Å². The number of fused-ring (bicyclic) bond motifs is 2. The third-order valence-corrected chi connectivity index (χ3v) is 5.93. The van der Waals surface area contributed by atoms with Crippen molar-refractivity contribution >= 4 is 28.8 Å². The highest BCUT2D eigenvalue weighted by Gasteiger charge is 2.33. The minimum Gasteiger partial charge on any atom is -0.346 e. The molecular weight excluding hydrogens is 330 g/mol. The second kappa shape index (κ2) is 6.23. The molecule has 6 heteroatoms. The van der Waals surface area contributed by atoms with E-state index in [1.807, 2.05) is 24.3 Å². The van der Waals surface area contributed by atoms with Crippen LogP contribution in [0, 0.1) is 5.92 Å². The number of aromatic nitrogens is 1. The van der Waals surface area contributed by atoms with Crippen LogP contribution in [-0.4, -0.2) is 41.5 Å². The third-order valence-electron chi connectivity index (χ3n) is 4.63. The Kier molecular flexibility index (Phi) is 4.09. The van der Waals surface area contributed by atoms with Crippen molar-refractivity contribution in [3.63, 3.8) is 0 Å². The number of halogens is 1. The molecule has 2 aliphatic rings. The lowest BCUT2D eigenvalue weighted by atomic mass is 9.97. The van der Waals surface area contributed by atoms with Gasteiger partial charge in [0.1, 0.15) is 0 Å².